The van der Waals surface area contributed by atoms with Crippen molar-refractivity contribution in [3.05, 3.63) is 32.1 Å². The largest absolute Gasteiger partial charge is 0.390 e. The van der Waals surface area contributed by atoms with Gasteiger partial charge in [0.1, 0.15) is 0 Å². The summed E-state index contributed by atoms with van der Waals surface area (Å²) >= 11 is 0. The van der Waals surface area contributed by atoms with Gasteiger partial charge in [-0.3, -0.25) is 13.9 Å². The van der Waals surface area contributed by atoms with Gasteiger partial charge < -0.3 is 5.11 Å². The van der Waals surface area contributed by atoms with Crippen molar-refractivity contribution in [3.8, 4) is 0 Å². The molecule has 1 aromatic heterocycles. The van der Waals surface area contributed by atoms with Crippen molar-refractivity contribution in [2.45, 2.75) is 39.8 Å². The minimum atomic E-state index is -0.565. The number of aliphatic hydroxyl groups excluding tert-OH is 1. The molecule has 0 radical (unpaired) electrons. The van der Waals surface area contributed by atoms with E-state index in [1.807, 2.05) is 0 Å². The van der Waals surface area contributed by atoms with Gasteiger partial charge in [-0.25, -0.2) is 4.79 Å². The van der Waals surface area contributed by atoms with Gasteiger partial charge in [0.15, 0.2) is 0 Å². The van der Waals surface area contributed by atoms with E-state index >= 15 is 0 Å². The molecule has 1 heterocycles. The Morgan fingerprint density at radius 2 is 1.75 bits per heavy atom. The summed E-state index contributed by atoms with van der Waals surface area (Å²) in [6.45, 7) is 6.71. The van der Waals surface area contributed by atoms with Crippen LogP contribution in [0.3, 0.4) is 0 Å². The number of rotatable bonds is 1. The third-order valence-corrected chi connectivity index (χ3v) is 2.66. The van der Waals surface area contributed by atoms with Crippen molar-refractivity contribution in [2.75, 3.05) is 0 Å². The van der Waals surface area contributed by atoms with E-state index in [-0.39, 0.29) is 12.2 Å². The summed E-state index contributed by atoms with van der Waals surface area (Å²) in [6.07, 6.45) is 0. The van der Waals surface area contributed by atoms with Crippen LogP contribution >= 0.6 is 0 Å². The quantitative estimate of drug-likeness (QED) is 0.738. The molecule has 1 N–H and O–H groups in total. The fraction of sp³-hybridized carbons (Fsp3) is 0.636. The maximum Gasteiger partial charge on any atom is 0.331 e. The summed E-state index contributed by atoms with van der Waals surface area (Å²) in [6, 6.07) is 0. The molecule has 1 rings (SSSR count). The molecular formula is C11H18N2O3. The molecule has 0 aliphatic rings. The van der Waals surface area contributed by atoms with E-state index in [0.29, 0.717) is 11.3 Å². The van der Waals surface area contributed by atoms with E-state index in [0.717, 1.165) is 0 Å². The first-order valence-corrected chi connectivity index (χ1v) is 5.14. The van der Waals surface area contributed by atoms with Crippen molar-refractivity contribution >= 4 is 0 Å². The van der Waals surface area contributed by atoms with Gasteiger partial charge in [-0.2, -0.15) is 0 Å². The Bertz CT molecular complexity index is 480. The Morgan fingerprint density at radius 1 is 1.25 bits per heavy atom. The van der Waals surface area contributed by atoms with Crippen LogP contribution in [0.1, 0.15) is 32.0 Å². The average molecular weight is 226 g/mol. The van der Waals surface area contributed by atoms with Crippen LogP contribution in [0, 0.1) is 6.92 Å². The molecule has 0 fully saturated rings. The number of hydrogen-bond donors (Lipinski definition) is 1. The molecule has 0 atom stereocenters. The molecule has 0 bridgehead atoms. The topological polar surface area (TPSA) is 64.2 Å². The van der Waals surface area contributed by atoms with E-state index in [9.17, 15) is 9.59 Å². The predicted octanol–water partition coefficient (Wildman–Crippen LogP) is 0.103. The average Bonchev–Trinajstić information content (AvgIpc) is 2.14. The standard InChI is InChI=1S/C11H18N2O3/c1-7-8(6-14)12(5)10(16)13(9(7)15)11(2,3)4/h14H,6H2,1-5H3. The third-order valence-electron chi connectivity index (χ3n) is 2.66. The van der Waals surface area contributed by atoms with E-state index in [4.69, 9.17) is 5.11 Å². The molecule has 1 aromatic rings. The van der Waals surface area contributed by atoms with Gasteiger partial charge in [-0.05, 0) is 27.7 Å². The molecule has 0 unspecified atom stereocenters. The fourth-order valence-electron chi connectivity index (χ4n) is 1.71. The summed E-state index contributed by atoms with van der Waals surface area (Å²) in [4.78, 5) is 24.0. The first-order chi connectivity index (χ1) is 7.21. The zero-order valence-corrected chi connectivity index (χ0v) is 10.4. The van der Waals surface area contributed by atoms with E-state index in [1.54, 1.807) is 34.7 Å². The van der Waals surface area contributed by atoms with Gasteiger partial charge in [-0.15, -0.1) is 0 Å². The SMILES string of the molecule is Cc1c(CO)n(C)c(=O)n(C(C)(C)C)c1=O. The highest BCUT2D eigenvalue weighted by atomic mass is 16.3. The molecule has 90 valence electrons. The first kappa shape index (κ1) is 12.7. The molecule has 0 spiro atoms. The lowest BCUT2D eigenvalue weighted by atomic mass is 10.1. The van der Waals surface area contributed by atoms with Crippen LogP contribution in [0.4, 0.5) is 0 Å². The second-order valence-electron chi connectivity index (χ2n) is 4.88. The highest BCUT2D eigenvalue weighted by Gasteiger charge is 2.22. The predicted molar refractivity (Wildman–Crippen MR) is 61.6 cm³/mol. The molecule has 0 saturated carbocycles. The monoisotopic (exact) mass is 226 g/mol. The number of aromatic nitrogens is 2. The third kappa shape index (κ3) is 1.82. The van der Waals surface area contributed by atoms with Gasteiger partial charge >= 0.3 is 5.69 Å². The Hall–Kier alpha value is -1.36. The van der Waals surface area contributed by atoms with Crippen molar-refractivity contribution in [1.29, 1.82) is 0 Å². The van der Waals surface area contributed by atoms with Crippen LogP contribution in [0.15, 0.2) is 9.59 Å². The van der Waals surface area contributed by atoms with E-state index in [2.05, 4.69) is 0 Å². The van der Waals surface area contributed by atoms with Crippen LogP contribution in [0.2, 0.25) is 0 Å². The lowest BCUT2D eigenvalue weighted by molar-refractivity contribution is 0.264. The van der Waals surface area contributed by atoms with E-state index in [1.165, 1.54) is 9.13 Å². The summed E-state index contributed by atoms with van der Waals surface area (Å²) in [5, 5.41) is 9.13. The van der Waals surface area contributed by atoms with Crippen LogP contribution in [-0.4, -0.2) is 14.2 Å². The number of aliphatic hydroxyl groups is 1. The summed E-state index contributed by atoms with van der Waals surface area (Å²) in [5.41, 5.74) is -0.508. The molecule has 5 nitrogen and oxygen atoms in total. The van der Waals surface area contributed by atoms with Crippen molar-refractivity contribution in [2.24, 2.45) is 7.05 Å². The highest BCUT2D eigenvalue weighted by molar-refractivity contribution is 5.16. The maximum atomic E-state index is 12.0. The maximum absolute atomic E-state index is 12.0. The van der Waals surface area contributed by atoms with Gasteiger partial charge in [-0.1, -0.05) is 0 Å². The van der Waals surface area contributed by atoms with Crippen LogP contribution in [0.5, 0.6) is 0 Å². The van der Waals surface area contributed by atoms with E-state index < -0.39 is 11.2 Å². The molecular weight excluding hydrogens is 208 g/mol. The molecule has 0 aliphatic heterocycles. The number of nitrogens with zero attached hydrogens (tertiary/aromatic N) is 2. The second-order valence-corrected chi connectivity index (χ2v) is 4.88. The van der Waals surface area contributed by atoms with Crippen LogP contribution in [-0.2, 0) is 19.2 Å². The smallest absolute Gasteiger partial charge is 0.331 e. The van der Waals surface area contributed by atoms with Crippen molar-refractivity contribution < 1.29 is 5.11 Å². The lowest BCUT2D eigenvalue weighted by Gasteiger charge is -2.23. The van der Waals surface area contributed by atoms with Crippen LogP contribution in [0.25, 0.3) is 0 Å². The van der Waals surface area contributed by atoms with Gasteiger partial charge in [0.05, 0.1) is 12.3 Å². The molecule has 5 heteroatoms. The van der Waals surface area contributed by atoms with Gasteiger partial charge in [0, 0.05) is 18.2 Å². The molecule has 0 saturated heterocycles. The van der Waals surface area contributed by atoms with Crippen molar-refractivity contribution in [1.82, 2.24) is 9.13 Å². The molecule has 0 aliphatic carbocycles. The Labute approximate surface area is 94.0 Å². The molecule has 16 heavy (non-hydrogen) atoms. The van der Waals surface area contributed by atoms with Gasteiger partial charge in [0.25, 0.3) is 5.56 Å². The summed E-state index contributed by atoms with van der Waals surface area (Å²) in [7, 11) is 1.56. The highest BCUT2D eigenvalue weighted by Crippen LogP contribution is 2.09. The minimum absolute atomic E-state index is 0.308. The lowest BCUT2D eigenvalue weighted by Crippen LogP contribution is -2.49. The van der Waals surface area contributed by atoms with Gasteiger partial charge in [0.2, 0.25) is 0 Å². The zero-order valence-electron chi connectivity index (χ0n) is 10.4. The zero-order chi connectivity index (χ0) is 12.7. The first-order valence-electron chi connectivity index (χ1n) is 5.14. The molecule has 0 amide bonds. The fourth-order valence-corrected chi connectivity index (χ4v) is 1.71. The summed E-state index contributed by atoms with van der Waals surface area (Å²) in [5.74, 6) is 0. The number of hydrogen-bond acceptors (Lipinski definition) is 3. The molecule has 0 aromatic carbocycles. The van der Waals surface area contributed by atoms with Crippen molar-refractivity contribution in [3.63, 3.8) is 0 Å². The minimum Gasteiger partial charge on any atom is -0.390 e. The Kier molecular flexibility index (Phi) is 3.10. The van der Waals surface area contributed by atoms with Crippen LogP contribution < -0.4 is 11.2 Å². The summed E-state index contributed by atoms with van der Waals surface area (Å²) < 4.78 is 2.53. The normalized spacial score (nSPS) is 11.9. The Morgan fingerprint density at radius 3 is 2.12 bits per heavy atom. The Balaban J connectivity index is 3.83. The second kappa shape index (κ2) is 3.90.